The van der Waals surface area contributed by atoms with Gasteiger partial charge in [0.05, 0.1) is 5.56 Å². The Labute approximate surface area is 156 Å². The summed E-state index contributed by atoms with van der Waals surface area (Å²) >= 11 is 0. The molecule has 1 nitrogen and oxygen atoms in total. The monoisotopic (exact) mass is 347 g/mol. The Hall–Kier alpha value is -2.58. The molecule has 0 radical (unpaired) electrons. The molecule has 0 spiro atoms. The molecule has 0 atom stereocenters. The van der Waals surface area contributed by atoms with Crippen molar-refractivity contribution in [3.63, 3.8) is 0 Å². The highest BCUT2D eigenvalue weighted by Crippen LogP contribution is 2.18. The smallest absolute Gasteiger partial charge is 0.142 e. The van der Waals surface area contributed by atoms with E-state index < -0.39 is 5.82 Å². The first-order chi connectivity index (χ1) is 12.5. The summed E-state index contributed by atoms with van der Waals surface area (Å²) in [5.41, 5.74) is 5.33. The predicted octanol–water partition coefficient (Wildman–Crippen LogP) is 6.23. The maximum atomic E-state index is 13.7. The van der Waals surface area contributed by atoms with Crippen LogP contribution in [0, 0.1) is 42.8 Å². The summed E-state index contributed by atoms with van der Waals surface area (Å²) in [7, 11) is 0. The molecule has 0 heterocycles. The highest BCUT2D eigenvalue weighted by Gasteiger charge is 2.04. The van der Waals surface area contributed by atoms with Gasteiger partial charge in [0.1, 0.15) is 11.9 Å². The molecule has 0 saturated carbocycles. The Bertz CT molecular complexity index is 839. The predicted molar refractivity (Wildman–Crippen MR) is 105 cm³/mol. The van der Waals surface area contributed by atoms with Gasteiger partial charge < -0.3 is 0 Å². The third-order valence-corrected chi connectivity index (χ3v) is 4.58. The van der Waals surface area contributed by atoms with Crippen LogP contribution in [-0.2, 0) is 6.42 Å². The Morgan fingerprint density at radius 3 is 2.23 bits per heavy atom. The fourth-order valence-electron chi connectivity index (χ4n) is 3.15. The van der Waals surface area contributed by atoms with Crippen molar-refractivity contribution in [1.29, 1.82) is 5.26 Å². The lowest BCUT2D eigenvalue weighted by Gasteiger charge is -2.08. The fraction of sp³-hybridized carbons (Fsp3) is 0.375. The zero-order valence-electron chi connectivity index (χ0n) is 16.0. The Kier molecular flexibility index (Phi) is 7.43. The summed E-state index contributed by atoms with van der Waals surface area (Å²) in [5.74, 6) is 5.67. The number of halogens is 1. The molecule has 26 heavy (non-hydrogen) atoms. The summed E-state index contributed by atoms with van der Waals surface area (Å²) in [6.45, 7) is 6.40. The van der Waals surface area contributed by atoms with Crippen molar-refractivity contribution in [2.75, 3.05) is 0 Å². The minimum absolute atomic E-state index is 0.0474. The van der Waals surface area contributed by atoms with Crippen molar-refractivity contribution >= 4 is 0 Å². The number of benzene rings is 2. The number of hydrogen-bond donors (Lipinski definition) is 0. The second-order valence-corrected chi connectivity index (χ2v) is 6.83. The average Bonchev–Trinajstić information content (AvgIpc) is 2.61. The lowest BCUT2D eigenvalue weighted by atomic mass is 9.96. The van der Waals surface area contributed by atoms with E-state index >= 15 is 0 Å². The molecule has 134 valence electrons. The van der Waals surface area contributed by atoms with Gasteiger partial charge in [-0.15, -0.1) is 0 Å². The zero-order valence-corrected chi connectivity index (χ0v) is 16.0. The van der Waals surface area contributed by atoms with E-state index in [1.54, 1.807) is 6.07 Å². The summed E-state index contributed by atoms with van der Waals surface area (Å²) in [4.78, 5) is 0. The van der Waals surface area contributed by atoms with Crippen LogP contribution in [0.3, 0.4) is 0 Å². The van der Waals surface area contributed by atoms with Gasteiger partial charge in [-0.25, -0.2) is 4.39 Å². The van der Waals surface area contributed by atoms with Crippen molar-refractivity contribution in [2.24, 2.45) is 0 Å². The van der Waals surface area contributed by atoms with E-state index in [2.05, 4.69) is 44.7 Å². The molecule has 2 aromatic carbocycles. The van der Waals surface area contributed by atoms with Crippen LogP contribution in [0.4, 0.5) is 4.39 Å². The number of rotatable bonds is 6. The quantitative estimate of drug-likeness (QED) is 0.449. The van der Waals surface area contributed by atoms with Crippen LogP contribution in [0.25, 0.3) is 0 Å². The molecule has 0 N–H and O–H groups in total. The highest BCUT2D eigenvalue weighted by molar-refractivity contribution is 5.52. The summed E-state index contributed by atoms with van der Waals surface area (Å²) in [5, 5.41) is 8.79. The van der Waals surface area contributed by atoms with Crippen LogP contribution in [0.5, 0.6) is 0 Å². The first kappa shape index (κ1) is 19.7. The van der Waals surface area contributed by atoms with Gasteiger partial charge in [-0.05, 0) is 61.6 Å². The normalized spacial score (nSPS) is 10.1. The van der Waals surface area contributed by atoms with E-state index in [9.17, 15) is 4.39 Å². The zero-order chi connectivity index (χ0) is 18.9. The minimum atomic E-state index is -0.522. The van der Waals surface area contributed by atoms with E-state index in [0.717, 1.165) is 23.1 Å². The fourth-order valence-corrected chi connectivity index (χ4v) is 3.15. The maximum Gasteiger partial charge on any atom is 0.142 e. The second-order valence-electron chi connectivity index (χ2n) is 6.83. The summed E-state index contributed by atoms with van der Waals surface area (Å²) in [6, 6.07) is 10.7. The molecule has 0 fully saturated rings. The molecule has 2 aromatic rings. The highest BCUT2D eigenvalue weighted by atomic mass is 19.1. The van der Waals surface area contributed by atoms with Crippen LogP contribution in [0.2, 0.25) is 0 Å². The molecule has 0 unspecified atom stereocenters. The maximum absolute atomic E-state index is 13.7. The van der Waals surface area contributed by atoms with E-state index in [4.69, 9.17) is 5.26 Å². The van der Waals surface area contributed by atoms with Crippen molar-refractivity contribution in [3.05, 3.63) is 69.5 Å². The Morgan fingerprint density at radius 2 is 1.62 bits per heavy atom. The molecular weight excluding hydrogens is 321 g/mol. The van der Waals surface area contributed by atoms with Crippen LogP contribution in [0.15, 0.2) is 30.3 Å². The average molecular weight is 347 g/mol. The molecule has 2 rings (SSSR count). The summed E-state index contributed by atoms with van der Waals surface area (Å²) < 4.78 is 13.7. The third-order valence-electron chi connectivity index (χ3n) is 4.58. The van der Waals surface area contributed by atoms with E-state index in [1.807, 2.05) is 6.07 Å². The Balaban J connectivity index is 2.12. The number of nitriles is 1. The SMILES string of the molecule is CCCCCCCc1cc(C)c(C#Cc2ccc(C#N)c(F)c2)c(C)c1. The van der Waals surface area contributed by atoms with Crippen molar-refractivity contribution in [1.82, 2.24) is 0 Å². The van der Waals surface area contributed by atoms with Gasteiger partial charge in [-0.2, -0.15) is 5.26 Å². The summed E-state index contributed by atoms with van der Waals surface area (Å²) in [6.07, 6.45) is 7.54. The molecule has 0 bridgehead atoms. The largest absolute Gasteiger partial charge is 0.206 e. The van der Waals surface area contributed by atoms with Crippen LogP contribution in [0.1, 0.15) is 72.4 Å². The van der Waals surface area contributed by atoms with Crippen LogP contribution < -0.4 is 0 Å². The van der Waals surface area contributed by atoms with Gasteiger partial charge in [0.2, 0.25) is 0 Å². The standard InChI is InChI=1S/C24H26FN/c1-4-5-6-7-8-9-21-14-18(2)23(19(3)15-21)13-11-20-10-12-22(17-26)24(25)16-20/h10,12,14-16H,4-9H2,1-3H3. The van der Waals surface area contributed by atoms with E-state index in [-0.39, 0.29) is 5.56 Å². The first-order valence-corrected chi connectivity index (χ1v) is 9.37. The topological polar surface area (TPSA) is 23.8 Å². The van der Waals surface area contributed by atoms with Gasteiger partial charge in [0.15, 0.2) is 0 Å². The van der Waals surface area contributed by atoms with Crippen LogP contribution in [-0.4, -0.2) is 0 Å². The van der Waals surface area contributed by atoms with E-state index in [1.165, 1.54) is 49.8 Å². The van der Waals surface area contributed by atoms with Crippen LogP contribution >= 0.6 is 0 Å². The van der Waals surface area contributed by atoms with Gasteiger partial charge in [0, 0.05) is 11.1 Å². The molecule has 0 amide bonds. The first-order valence-electron chi connectivity index (χ1n) is 9.37. The Morgan fingerprint density at radius 1 is 0.923 bits per heavy atom. The molecule has 0 aliphatic rings. The van der Waals surface area contributed by atoms with Crippen molar-refractivity contribution < 1.29 is 4.39 Å². The lowest BCUT2D eigenvalue weighted by molar-refractivity contribution is 0.623. The molecule has 2 heteroatoms. The van der Waals surface area contributed by atoms with Gasteiger partial charge in [0.25, 0.3) is 0 Å². The molecule has 0 saturated heterocycles. The molecular formula is C24H26FN. The number of hydrogen-bond acceptors (Lipinski definition) is 1. The number of nitrogens with zero attached hydrogens (tertiary/aromatic N) is 1. The van der Waals surface area contributed by atoms with Crippen molar-refractivity contribution in [3.8, 4) is 17.9 Å². The van der Waals surface area contributed by atoms with Gasteiger partial charge in [-0.1, -0.05) is 56.6 Å². The second kappa shape index (κ2) is 9.79. The molecule has 0 aliphatic heterocycles. The molecule has 0 aromatic heterocycles. The van der Waals surface area contributed by atoms with Crippen molar-refractivity contribution in [2.45, 2.75) is 59.3 Å². The molecule has 0 aliphatic carbocycles. The lowest BCUT2D eigenvalue weighted by Crippen LogP contribution is -1.94. The number of aryl methyl sites for hydroxylation is 3. The third kappa shape index (κ3) is 5.47. The number of unbranched alkanes of at least 4 members (excludes halogenated alkanes) is 4. The minimum Gasteiger partial charge on any atom is -0.206 e. The van der Waals surface area contributed by atoms with Gasteiger partial charge >= 0.3 is 0 Å². The van der Waals surface area contributed by atoms with E-state index in [0.29, 0.717) is 5.56 Å². The van der Waals surface area contributed by atoms with Gasteiger partial charge in [-0.3, -0.25) is 0 Å².